The third-order valence-corrected chi connectivity index (χ3v) is 4.38. The minimum Gasteiger partial charge on any atom is -0.399 e. The van der Waals surface area contributed by atoms with Gasteiger partial charge in [-0.2, -0.15) is 0 Å². The Morgan fingerprint density at radius 3 is 2.61 bits per heavy atom. The predicted molar refractivity (Wildman–Crippen MR) is 70.9 cm³/mol. The Morgan fingerprint density at radius 1 is 1.39 bits per heavy atom. The summed E-state index contributed by atoms with van der Waals surface area (Å²) in [6, 6.07) is 4.64. The summed E-state index contributed by atoms with van der Waals surface area (Å²) in [5.41, 5.74) is 6.70. The van der Waals surface area contributed by atoms with Gasteiger partial charge in [0, 0.05) is 18.7 Å². The first-order valence-corrected chi connectivity index (χ1v) is 7.37. The van der Waals surface area contributed by atoms with Gasteiger partial charge in [-0.05, 0) is 37.6 Å². The number of anilines is 1. The number of nitrogens with one attached hydrogen (secondary N) is 1. The lowest BCUT2D eigenvalue weighted by Gasteiger charge is -2.08. The van der Waals surface area contributed by atoms with Gasteiger partial charge in [-0.3, -0.25) is 4.79 Å². The highest BCUT2D eigenvalue weighted by atomic mass is 32.2. The average molecular weight is 270 g/mol. The molecular formula is C12H18N2O3S. The van der Waals surface area contributed by atoms with Crippen LogP contribution in [0.4, 0.5) is 5.69 Å². The predicted octanol–water partition coefficient (Wildman–Crippen LogP) is 0.877. The highest BCUT2D eigenvalue weighted by Crippen LogP contribution is 2.19. The summed E-state index contributed by atoms with van der Waals surface area (Å²) in [5.74, 6) is -0.446. The number of hydrogen-bond acceptors (Lipinski definition) is 4. The molecule has 0 aliphatic heterocycles. The Labute approximate surface area is 107 Å². The van der Waals surface area contributed by atoms with E-state index in [1.807, 2.05) is 0 Å². The summed E-state index contributed by atoms with van der Waals surface area (Å²) in [7, 11) is -3.44. The SMILES string of the molecule is CCNC(=O)CCS(=O)(=O)c1ccc(N)cc1C. The standard InChI is InChI=1S/C12H18N2O3S/c1-3-14-12(15)6-7-18(16,17)11-5-4-10(13)8-9(11)2/h4-5,8H,3,6-7,13H2,1-2H3,(H,14,15). The van der Waals surface area contributed by atoms with Crippen LogP contribution in [0.5, 0.6) is 0 Å². The molecule has 0 aromatic heterocycles. The van der Waals surface area contributed by atoms with Crippen LogP contribution in [0.15, 0.2) is 23.1 Å². The first-order chi connectivity index (χ1) is 8.36. The second-order valence-corrected chi connectivity index (χ2v) is 6.12. The van der Waals surface area contributed by atoms with Crippen LogP contribution < -0.4 is 11.1 Å². The van der Waals surface area contributed by atoms with Gasteiger partial charge >= 0.3 is 0 Å². The minimum atomic E-state index is -3.44. The molecule has 0 aliphatic rings. The topological polar surface area (TPSA) is 89.3 Å². The van der Waals surface area contributed by atoms with Crippen molar-refractivity contribution in [2.75, 3.05) is 18.0 Å². The zero-order valence-corrected chi connectivity index (χ0v) is 11.4. The largest absolute Gasteiger partial charge is 0.399 e. The van der Waals surface area contributed by atoms with Gasteiger partial charge in [-0.15, -0.1) is 0 Å². The van der Waals surface area contributed by atoms with Crippen LogP contribution in [0.1, 0.15) is 18.9 Å². The second kappa shape index (κ2) is 5.86. The van der Waals surface area contributed by atoms with E-state index in [2.05, 4.69) is 5.32 Å². The Bertz CT molecular complexity index is 538. The maximum absolute atomic E-state index is 12.1. The van der Waals surface area contributed by atoms with Gasteiger partial charge < -0.3 is 11.1 Å². The molecule has 1 amide bonds. The molecule has 0 aliphatic carbocycles. The van der Waals surface area contributed by atoms with Gasteiger partial charge in [0.15, 0.2) is 9.84 Å². The summed E-state index contributed by atoms with van der Waals surface area (Å²) >= 11 is 0. The van der Waals surface area contributed by atoms with Crippen molar-refractivity contribution in [2.45, 2.75) is 25.2 Å². The van der Waals surface area contributed by atoms with Gasteiger partial charge in [0.25, 0.3) is 0 Å². The van der Waals surface area contributed by atoms with Crippen LogP contribution in [0.2, 0.25) is 0 Å². The number of aryl methyl sites for hydroxylation is 1. The number of nitrogen functional groups attached to an aromatic ring is 1. The summed E-state index contributed by atoms with van der Waals surface area (Å²) in [6.45, 7) is 3.98. The van der Waals surface area contributed by atoms with Crippen molar-refractivity contribution < 1.29 is 13.2 Å². The van der Waals surface area contributed by atoms with Crippen LogP contribution in [0.3, 0.4) is 0 Å². The molecule has 0 atom stereocenters. The quantitative estimate of drug-likeness (QED) is 0.777. The van der Waals surface area contributed by atoms with E-state index in [1.165, 1.54) is 6.07 Å². The molecule has 5 nitrogen and oxygen atoms in total. The molecule has 1 aromatic rings. The highest BCUT2D eigenvalue weighted by Gasteiger charge is 2.18. The van der Waals surface area contributed by atoms with Crippen molar-refractivity contribution in [3.63, 3.8) is 0 Å². The van der Waals surface area contributed by atoms with Crippen LogP contribution in [0.25, 0.3) is 0 Å². The number of carbonyl (C=O) groups excluding carboxylic acids is 1. The van der Waals surface area contributed by atoms with E-state index in [0.717, 1.165) is 0 Å². The Hall–Kier alpha value is -1.56. The zero-order valence-electron chi connectivity index (χ0n) is 10.6. The van der Waals surface area contributed by atoms with Gasteiger partial charge in [-0.1, -0.05) is 0 Å². The molecule has 1 aromatic carbocycles. The minimum absolute atomic E-state index is 0.0278. The number of sulfone groups is 1. The van der Waals surface area contributed by atoms with E-state index in [0.29, 0.717) is 17.8 Å². The van der Waals surface area contributed by atoms with E-state index in [9.17, 15) is 13.2 Å². The van der Waals surface area contributed by atoms with Gasteiger partial charge in [-0.25, -0.2) is 8.42 Å². The molecule has 6 heteroatoms. The number of amides is 1. The van der Waals surface area contributed by atoms with Crippen molar-refractivity contribution in [1.29, 1.82) is 0 Å². The van der Waals surface area contributed by atoms with Crippen molar-refractivity contribution in [1.82, 2.24) is 5.32 Å². The van der Waals surface area contributed by atoms with Crippen molar-refractivity contribution in [3.05, 3.63) is 23.8 Å². The molecule has 0 saturated heterocycles. The molecule has 18 heavy (non-hydrogen) atoms. The molecule has 0 heterocycles. The third-order valence-electron chi connectivity index (χ3n) is 2.51. The summed E-state index contributed by atoms with van der Waals surface area (Å²) in [4.78, 5) is 11.5. The number of benzene rings is 1. The number of hydrogen-bond donors (Lipinski definition) is 2. The summed E-state index contributed by atoms with van der Waals surface area (Å²) in [5, 5.41) is 2.57. The van der Waals surface area contributed by atoms with Crippen LogP contribution >= 0.6 is 0 Å². The van der Waals surface area contributed by atoms with E-state index in [1.54, 1.807) is 26.0 Å². The molecule has 0 bridgehead atoms. The van der Waals surface area contributed by atoms with Gasteiger partial charge in [0.2, 0.25) is 5.91 Å². The average Bonchev–Trinajstić information content (AvgIpc) is 2.26. The van der Waals surface area contributed by atoms with E-state index >= 15 is 0 Å². The fourth-order valence-corrected chi connectivity index (χ4v) is 3.14. The van der Waals surface area contributed by atoms with Gasteiger partial charge in [0.05, 0.1) is 10.6 Å². The first kappa shape index (κ1) is 14.5. The molecule has 0 saturated carbocycles. The first-order valence-electron chi connectivity index (χ1n) is 5.72. The number of rotatable bonds is 5. The maximum atomic E-state index is 12.1. The van der Waals surface area contributed by atoms with Crippen LogP contribution in [-0.4, -0.2) is 26.6 Å². The molecule has 100 valence electrons. The lowest BCUT2D eigenvalue weighted by molar-refractivity contribution is -0.120. The second-order valence-electron chi connectivity index (χ2n) is 4.05. The normalized spacial score (nSPS) is 11.2. The molecule has 0 fully saturated rings. The Kier molecular flexibility index (Phi) is 4.72. The fourth-order valence-electron chi connectivity index (χ4n) is 1.64. The smallest absolute Gasteiger partial charge is 0.221 e. The van der Waals surface area contributed by atoms with Crippen molar-refractivity contribution >= 4 is 21.4 Å². The molecule has 3 N–H and O–H groups in total. The molecule has 0 unspecified atom stereocenters. The van der Waals surface area contributed by atoms with Crippen molar-refractivity contribution in [2.24, 2.45) is 0 Å². The fraction of sp³-hybridized carbons (Fsp3) is 0.417. The summed E-state index contributed by atoms with van der Waals surface area (Å²) in [6.07, 6.45) is -0.0278. The summed E-state index contributed by atoms with van der Waals surface area (Å²) < 4.78 is 24.1. The Balaban J connectivity index is 2.83. The maximum Gasteiger partial charge on any atom is 0.221 e. The third kappa shape index (κ3) is 3.73. The molecule has 0 spiro atoms. The Morgan fingerprint density at radius 2 is 2.06 bits per heavy atom. The van der Waals surface area contributed by atoms with Crippen LogP contribution in [0, 0.1) is 6.92 Å². The van der Waals surface area contributed by atoms with Gasteiger partial charge in [0.1, 0.15) is 0 Å². The lowest BCUT2D eigenvalue weighted by atomic mass is 10.2. The number of nitrogens with two attached hydrogens (primary N) is 1. The van der Waals surface area contributed by atoms with E-state index in [-0.39, 0.29) is 23.0 Å². The van der Waals surface area contributed by atoms with Crippen LogP contribution in [-0.2, 0) is 14.6 Å². The molecule has 1 rings (SSSR count). The highest BCUT2D eigenvalue weighted by molar-refractivity contribution is 7.91. The number of carbonyl (C=O) groups is 1. The molecule has 0 radical (unpaired) electrons. The molecular weight excluding hydrogens is 252 g/mol. The lowest BCUT2D eigenvalue weighted by Crippen LogP contribution is -2.25. The van der Waals surface area contributed by atoms with E-state index < -0.39 is 9.84 Å². The van der Waals surface area contributed by atoms with E-state index in [4.69, 9.17) is 5.73 Å². The monoisotopic (exact) mass is 270 g/mol. The zero-order chi connectivity index (χ0) is 13.8. The van der Waals surface area contributed by atoms with Crippen molar-refractivity contribution in [3.8, 4) is 0 Å².